The van der Waals surface area contributed by atoms with Crippen LogP contribution in [0.15, 0.2) is 54.6 Å². The van der Waals surface area contributed by atoms with E-state index in [1.807, 2.05) is 82.3 Å². The van der Waals surface area contributed by atoms with Gasteiger partial charge < -0.3 is 24.6 Å². The highest BCUT2D eigenvalue weighted by molar-refractivity contribution is 7.18. The lowest BCUT2D eigenvalue weighted by molar-refractivity contribution is 0.0240. The predicted molar refractivity (Wildman–Crippen MR) is 142 cm³/mol. The third kappa shape index (κ3) is 6.34. The first-order valence-electron chi connectivity index (χ1n) is 12.1. The summed E-state index contributed by atoms with van der Waals surface area (Å²) < 4.78 is 11.4. The molecule has 1 aliphatic heterocycles. The average molecular weight is 509 g/mol. The molecule has 3 aromatic rings. The highest BCUT2D eigenvalue weighted by Crippen LogP contribution is 2.35. The topological polar surface area (TPSA) is 84.0 Å². The lowest BCUT2D eigenvalue weighted by Crippen LogP contribution is -2.50. The van der Waals surface area contributed by atoms with Gasteiger partial charge in [0.25, 0.3) is 5.91 Å². The second-order valence-electron chi connectivity index (χ2n) is 9.43. The van der Waals surface area contributed by atoms with Gasteiger partial charge in [0, 0.05) is 38.3 Å². The zero-order valence-electron chi connectivity index (χ0n) is 21.1. The van der Waals surface area contributed by atoms with Gasteiger partial charge in [-0.15, -0.1) is 0 Å². The number of benzene rings is 2. The van der Waals surface area contributed by atoms with Crippen LogP contribution in [-0.4, -0.2) is 60.2 Å². The van der Waals surface area contributed by atoms with Gasteiger partial charge in [0.15, 0.2) is 5.13 Å². The number of hydrogen-bond acceptors (Lipinski definition) is 7. The van der Waals surface area contributed by atoms with Crippen LogP contribution in [0.25, 0.3) is 11.3 Å². The fraction of sp³-hybridized carbons (Fsp3) is 0.370. The van der Waals surface area contributed by atoms with E-state index in [1.54, 1.807) is 4.90 Å². The van der Waals surface area contributed by atoms with E-state index in [1.165, 1.54) is 11.3 Å². The Balaban J connectivity index is 1.51. The van der Waals surface area contributed by atoms with Gasteiger partial charge in [-0.1, -0.05) is 29.5 Å². The number of carbonyl (C=O) groups is 2. The molecule has 0 radical (unpaired) electrons. The second kappa shape index (κ2) is 11.0. The first-order chi connectivity index (χ1) is 17.2. The molecule has 2 heterocycles. The van der Waals surface area contributed by atoms with Gasteiger partial charge in [-0.25, -0.2) is 9.78 Å². The summed E-state index contributed by atoms with van der Waals surface area (Å²) in [5.41, 5.74) is 0.954. The second-order valence-corrected chi connectivity index (χ2v) is 10.4. The van der Waals surface area contributed by atoms with Crippen LogP contribution in [0.5, 0.6) is 11.5 Å². The molecule has 1 aromatic heterocycles. The smallest absolute Gasteiger partial charge is 0.410 e. The maximum absolute atomic E-state index is 12.9. The molecule has 2 amide bonds. The van der Waals surface area contributed by atoms with Crippen molar-refractivity contribution in [3.05, 3.63) is 59.5 Å². The normalized spacial score (nSPS) is 13.9. The number of ether oxygens (including phenoxy) is 2. The molecular weight excluding hydrogens is 476 g/mol. The summed E-state index contributed by atoms with van der Waals surface area (Å²) in [7, 11) is 0. The molecule has 0 bridgehead atoms. The molecule has 0 atom stereocenters. The Labute approximate surface area is 215 Å². The molecule has 2 aromatic carbocycles. The summed E-state index contributed by atoms with van der Waals surface area (Å²) >= 11 is 1.37. The van der Waals surface area contributed by atoms with Crippen molar-refractivity contribution in [2.75, 3.05) is 37.6 Å². The fourth-order valence-corrected chi connectivity index (χ4v) is 4.80. The van der Waals surface area contributed by atoms with E-state index in [-0.39, 0.29) is 12.0 Å². The molecule has 8 nitrogen and oxygen atoms in total. The van der Waals surface area contributed by atoms with Crippen molar-refractivity contribution in [2.45, 2.75) is 33.3 Å². The van der Waals surface area contributed by atoms with E-state index in [0.717, 1.165) is 16.4 Å². The maximum atomic E-state index is 12.9. The molecule has 1 saturated heterocycles. The monoisotopic (exact) mass is 508 g/mol. The first-order valence-corrected chi connectivity index (χ1v) is 12.9. The van der Waals surface area contributed by atoms with Crippen LogP contribution in [0, 0.1) is 0 Å². The Morgan fingerprint density at radius 1 is 0.972 bits per heavy atom. The van der Waals surface area contributed by atoms with Crippen molar-refractivity contribution in [3.8, 4) is 22.8 Å². The molecule has 1 N–H and O–H groups in total. The number of nitrogens with zero attached hydrogens (tertiary/aromatic N) is 3. The lowest BCUT2D eigenvalue weighted by atomic mass is 10.1. The van der Waals surface area contributed by atoms with Crippen molar-refractivity contribution in [1.29, 1.82) is 0 Å². The van der Waals surface area contributed by atoms with Gasteiger partial charge in [0.2, 0.25) is 0 Å². The first kappa shape index (κ1) is 25.5. The van der Waals surface area contributed by atoms with E-state index in [2.05, 4.69) is 10.2 Å². The quantitative estimate of drug-likeness (QED) is 0.479. The molecular formula is C27H32N4O4S. The van der Waals surface area contributed by atoms with Crippen LogP contribution in [0.2, 0.25) is 0 Å². The van der Waals surface area contributed by atoms with Gasteiger partial charge in [-0.2, -0.15) is 0 Å². The Bertz CT molecular complexity index is 1180. The number of amides is 2. The minimum absolute atomic E-state index is 0.145. The molecule has 9 heteroatoms. The van der Waals surface area contributed by atoms with Crippen molar-refractivity contribution in [3.63, 3.8) is 0 Å². The van der Waals surface area contributed by atoms with Crippen LogP contribution >= 0.6 is 11.3 Å². The highest BCUT2D eigenvalue weighted by Gasteiger charge is 2.28. The molecule has 1 aliphatic rings. The van der Waals surface area contributed by atoms with E-state index >= 15 is 0 Å². The van der Waals surface area contributed by atoms with E-state index < -0.39 is 5.60 Å². The maximum Gasteiger partial charge on any atom is 0.410 e. The largest absolute Gasteiger partial charge is 0.457 e. The van der Waals surface area contributed by atoms with Gasteiger partial charge in [0.1, 0.15) is 22.0 Å². The van der Waals surface area contributed by atoms with Crippen molar-refractivity contribution in [2.24, 2.45) is 0 Å². The third-order valence-electron chi connectivity index (χ3n) is 5.47. The minimum Gasteiger partial charge on any atom is -0.457 e. The number of anilines is 1. The number of para-hydroxylation sites is 1. The lowest BCUT2D eigenvalue weighted by Gasteiger charge is -2.35. The summed E-state index contributed by atoms with van der Waals surface area (Å²) in [5, 5.41) is 3.66. The Morgan fingerprint density at radius 3 is 2.22 bits per heavy atom. The molecule has 190 valence electrons. The number of nitrogens with one attached hydrogen (secondary N) is 1. The summed E-state index contributed by atoms with van der Waals surface area (Å²) in [6.07, 6.45) is -0.303. The van der Waals surface area contributed by atoms with Crippen molar-refractivity contribution >= 4 is 28.5 Å². The fourth-order valence-electron chi connectivity index (χ4n) is 3.75. The van der Waals surface area contributed by atoms with Gasteiger partial charge in [-0.05, 0) is 64.1 Å². The molecule has 0 aliphatic carbocycles. The zero-order valence-corrected chi connectivity index (χ0v) is 21.9. The van der Waals surface area contributed by atoms with Crippen LogP contribution in [0.4, 0.5) is 9.93 Å². The van der Waals surface area contributed by atoms with Crippen molar-refractivity contribution in [1.82, 2.24) is 15.2 Å². The molecule has 0 saturated carbocycles. The number of rotatable bonds is 6. The van der Waals surface area contributed by atoms with Crippen LogP contribution < -0.4 is 15.0 Å². The van der Waals surface area contributed by atoms with Gasteiger partial charge >= 0.3 is 6.09 Å². The standard InChI is InChI=1S/C27H32N4O4S/c1-5-28-24(32)23-22(19-11-13-21(14-12-19)34-20-9-7-6-8-10-20)29-25(36-23)30-15-17-31(18-16-30)26(33)35-27(2,3)4/h6-14H,5,15-18H2,1-4H3,(H,28,32). The summed E-state index contributed by atoms with van der Waals surface area (Å²) in [5.74, 6) is 1.32. The average Bonchev–Trinajstić information content (AvgIpc) is 3.30. The van der Waals surface area contributed by atoms with Gasteiger partial charge in [-0.3, -0.25) is 4.79 Å². The summed E-state index contributed by atoms with van der Waals surface area (Å²) in [6.45, 7) is 10.3. The van der Waals surface area contributed by atoms with Crippen LogP contribution in [0.3, 0.4) is 0 Å². The molecule has 4 rings (SSSR count). The Kier molecular flexibility index (Phi) is 7.79. The number of aromatic nitrogens is 1. The zero-order chi connectivity index (χ0) is 25.7. The van der Waals surface area contributed by atoms with E-state index in [4.69, 9.17) is 14.5 Å². The summed E-state index contributed by atoms with van der Waals surface area (Å²) in [6, 6.07) is 17.2. The predicted octanol–water partition coefficient (Wildman–Crippen LogP) is 5.41. The molecule has 1 fully saturated rings. The third-order valence-corrected chi connectivity index (χ3v) is 6.58. The van der Waals surface area contributed by atoms with Crippen molar-refractivity contribution < 1.29 is 19.1 Å². The Hall–Kier alpha value is -3.59. The van der Waals surface area contributed by atoms with Gasteiger partial charge in [0.05, 0.1) is 5.69 Å². The highest BCUT2D eigenvalue weighted by atomic mass is 32.1. The number of piperazine rings is 1. The van der Waals surface area contributed by atoms with E-state index in [0.29, 0.717) is 49.0 Å². The number of hydrogen-bond donors (Lipinski definition) is 1. The molecule has 0 spiro atoms. The molecule has 36 heavy (non-hydrogen) atoms. The minimum atomic E-state index is -0.526. The van der Waals surface area contributed by atoms with E-state index in [9.17, 15) is 9.59 Å². The summed E-state index contributed by atoms with van der Waals surface area (Å²) in [4.78, 5) is 34.5. The van der Waals surface area contributed by atoms with Crippen LogP contribution in [0.1, 0.15) is 37.4 Å². The molecule has 0 unspecified atom stereocenters. The number of carbonyl (C=O) groups excluding carboxylic acids is 2. The Morgan fingerprint density at radius 2 is 1.61 bits per heavy atom. The number of thiazole rings is 1. The SMILES string of the molecule is CCNC(=O)c1sc(N2CCN(C(=O)OC(C)(C)C)CC2)nc1-c1ccc(Oc2ccccc2)cc1. The van der Waals surface area contributed by atoms with Crippen LogP contribution in [-0.2, 0) is 4.74 Å².